The molecule has 0 saturated carbocycles. The van der Waals surface area contributed by atoms with Crippen molar-refractivity contribution in [1.29, 1.82) is 0 Å². The number of carbonyl (C=O) groups excluding carboxylic acids is 1. The summed E-state index contributed by atoms with van der Waals surface area (Å²) in [6.45, 7) is 0.297. The first-order valence-electron chi connectivity index (χ1n) is 9.93. The molecule has 0 fully saturated rings. The van der Waals surface area contributed by atoms with Crippen LogP contribution < -0.4 is 10.6 Å². The van der Waals surface area contributed by atoms with Crippen LogP contribution in [-0.4, -0.2) is 28.4 Å². The minimum absolute atomic E-state index is 0.0339. The van der Waals surface area contributed by atoms with Crippen molar-refractivity contribution >= 4 is 34.9 Å². The number of benzene rings is 2. The summed E-state index contributed by atoms with van der Waals surface area (Å²) in [5.41, 5.74) is 1.40. The van der Waals surface area contributed by atoms with Crippen molar-refractivity contribution in [3.63, 3.8) is 0 Å². The summed E-state index contributed by atoms with van der Waals surface area (Å²) in [5, 5.41) is 9.96. The summed E-state index contributed by atoms with van der Waals surface area (Å²) >= 11 is 12.2. The molecule has 1 amide bonds. The average molecular weight is 483 g/mol. The lowest BCUT2D eigenvalue weighted by atomic mass is 9.97. The molecule has 3 aromatic rings. The number of hydrogen-bond acceptors (Lipinski definition) is 3. The van der Waals surface area contributed by atoms with Crippen LogP contribution in [0, 0.1) is 0 Å². The lowest BCUT2D eigenvalue weighted by molar-refractivity contribution is -0.173. The van der Waals surface area contributed by atoms with Crippen molar-refractivity contribution in [1.82, 2.24) is 15.1 Å². The molecule has 5 nitrogen and oxygen atoms in total. The van der Waals surface area contributed by atoms with Gasteiger partial charge in [0.2, 0.25) is 0 Å². The van der Waals surface area contributed by atoms with E-state index in [1.165, 1.54) is 0 Å². The Hall–Kier alpha value is -2.71. The maximum atomic E-state index is 13.9. The minimum atomic E-state index is -4.57. The SMILES string of the molecule is O=C(NCCc1ccccc1)c1nn2c(c1Cl)N[C@H](c1ccc(Cl)cc1)C[C@@H]2C(F)(F)F. The number of rotatable bonds is 5. The fraction of sp³-hybridized carbons (Fsp3) is 0.273. The number of alkyl halides is 3. The van der Waals surface area contributed by atoms with Crippen LogP contribution in [0.4, 0.5) is 19.0 Å². The van der Waals surface area contributed by atoms with Gasteiger partial charge >= 0.3 is 6.18 Å². The molecule has 2 aromatic carbocycles. The zero-order valence-corrected chi connectivity index (χ0v) is 18.2. The van der Waals surface area contributed by atoms with E-state index in [1.807, 2.05) is 30.3 Å². The van der Waals surface area contributed by atoms with Crippen molar-refractivity contribution in [3.05, 3.63) is 81.5 Å². The van der Waals surface area contributed by atoms with Gasteiger partial charge in [0.05, 0.1) is 6.04 Å². The van der Waals surface area contributed by atoms with E-state index in [0.29, 0.717) is 23.6 Å². The number of hydrogen-bond donors (Lipinski definition) is 2. The number of halogens is 5. The molecule has 32 heavy (non-hydrogen) atoms. The lowest BCUT2D eigenvalue weighted by Crippen LogP contribution is -2.36. The summed E-state index contributed by atoms with van der Waals surface area (Å²) in [7, 11) is 0. The summed E-state index contributed by atoms with van der Waals surface area (Å²) in [4.78, 5) is 12.6. The third-order valence-electron chi connectivity index (χ3n) is 5.33. The van der Waals surface area contributed by atoms with E-state index >= 15 is 0 Å². The molecule has 1 aliphatic heterocycles. The smallest absolute Gasteiger partial charge is 0.362 e. The first-order chi connectivity index (χ1) is 15.2. The van der Waals surface area contributed by atoms with Crippen LogP contribution in [-0.2, 0) is 6.42 Å². The maximum absolute atomic E-state index is 13.9. The van der Waals surface area contributed by atoms with Gasteiger partial charge in [-0.1, -0.05) is 65.7 Å². The predicted molar refractivity (Wildman–Crippen MR) is 117 cm³/mol. The largest absolute Gasteiger partial charge is 0.410 e. The van der Waals surface area contributed by atoms with Crippen molar-refractivity contribution in [2.75, 3.05) is 11.9 Å². The van der Waals surface area contributed by atoms with Gasteiger partial charge in [-0.3, -0.25) is 4.79 Å². The van der Waals surface area contributed by atoms with Crippen molar-refractivity contribution in [2.45, 2.75) is 31.1 Å². The molecule has 10 heteroatoms. The minimum Gasteiger partial charge on any atom is -0.362 e. The number of aromatic nitrogens is 2. The second kappa shape index (κ2) is 9.03. The number of nitrogens with zero attached hydrogens (tertiary/aromatic N) is 2. The predicted octanol–water partition coefficient (Wildman–Crippen LogP) is 5.82. The lowest BCUT2D eigenvalue weighted by Gasteiger charge is -2.33. The van der Waals surface area contributed by atoms with Gasteiger partial charge in [0.15, 0.2) is 11.7 Å². The van der Waals surface area contributed by atoms with Gasteiger partial charge in [0.1, 0.15) is 10.8 Å². The molecular weight excluding hydrogens is 464 g/mol. The van der Waals surface area contributed by atoms with Crippen LogP contribution in [0.1, 0.15) is 40.1 Å². The van der Waals surface area contributed by atoms with Gasteiger partial charge in [-0.05, 0) is 29.7 Å². The van der Waals surface area contributed by atoms with Crippen molar-refractivity contribution in [3.8, 4) is 0 Å². The van der Waals surface area contributed by atoms with E-state index in [2.05, 4.69) is 15.7 Å². The van der Waals surface area contributed by atoms with Crippen LogP contribution in [0.5, 0.6) is 0 Å². The third kappa shape index (κ3) is 4.71. The summed E-state index contributed by atoms with van der Waals surface area (Å²) in [6, 6.07) is 13.4. The van der Waals surface area contributed by atoms with Gasteiger partial charge in [-0.25, -0.2) is 4.68 Å². The zero-order valence-electron chi connectivity index (χ0n) is 16.7. The van der Waals surface area contributed by atoms with Gasteiger partial charge in [-0.15, -0.1) is 0 Å². The van der Waals surface area contributed by atoms with E-state index in [-0.39, 0.29) is 23.0 Å². The molecule has 2 atom stereocenters. The highest BCUT2D eigenvalue weighted by Crippen LogP contribution is 2.46. The monoisotopic (exact) mass is 482 g/mol. The highest BCUT2D eigenvalue weighted by Gasteiger charge is 2.47. The van der Waals surface area contributed by atoms with E-state index in [4.69, 9.17) is 23.2 Å². The number of carbonyl (C=O) groups is 1. The molecule has 0 unspecified atom stereocenters. The summed E-state index contributed by atoms with van der Waals surface area (Å²) < 4.78 is 42.3. The van der Waals surface area contributed by atoms with Gasteiger partial charge < -0.3 is 10.6 Å². The summed E-state index contributed by atoms with van der Waals surface area (Å²) in [6.07, 6.45) is -4.30. The Morgan fingerprint density at radius 2 is 1.81 bits per heavy atom. The van der Waals surface area contributed by atoms with Crippen molar-refractivity contribution < 1.29 is 18.0 Å². The molecule has 0 spiro atoms. The van der Waals surface area contributed by atoms with E-state index in [9.17, 15) is 18.0 Å². The number of amides is 1. The zero-order chi connectivity index (χ0) is 22.9. The first-order valence-corrected chi connectivity index (χ1v) is 10.7. The molecule has 2 N–H and O–H groups in total. The van der Waals surface area contributed by atoms with Gasteiger partial charge in [0.25, 0.3) is 5.91 Å². The fourth-order valence-electron chi connectivity index (χ4n) is 3.70. The Morgan fingerprint density at radius 3 is 2.47 bits per heavy atom. The van der Waals surface area contributed by atoms with Crippen LogP contribution in [0.2, 0.25) is 10.0 Å². The molecule has 2 heterocycles. The fourth-order valence-corrected chi connectivity index (χ4v) is 4.09. The molecule has 1 aromatic heterocycles. The van der Waals surface area contributed by atoms with E-state index < -0.39 is 24.2 Å². The van der Waals surface area contributed by atoms with Gasteiger partial charge in [0, 0.05) is 18.0 Å². The Bertz CT molecular complexity index is 1100. The number of anilines is 1. The molecule has 0 saturated heterocycles. The number of fused-ring (bicyclic) bond motifs is 1. The first kappa shape index (κ1) is 22.5. The molecule has 0 aliphatic carbocycles. The second-order valence-corrected chi connectivity index (χ2v) is 8.30. The normalized spacial score (nSPS) is 18.0. The topological polar surface area (TPSA) is 59.0 Å². The van der Waals surface area contributed by atoms with Crippen LogP contribution >= 0.6 is 23.2 Å². The highest BCUT2D eigenvalue weighted by molar-refractivity contribution is 6.36. The van der Waals surface area contributed by atoms with E-state index in [0.717, 1.165) is 10.2 Å². The molecule has 0 bridgehead atoms. The van der Waals surface area contributed by atoms with Crippen LogP contribution in [0.3, 0.4) is 0 Å². The van der Waals surface area contributed by atoms with Crippen LogP contribution in [0.15, 0.2) is 54.6 Å². The Morgan fingerprint density at radius 1 is 1.12 bits per heavy atom. The highest BCUT2D eigenvalue weighted by atomic mass is 35.5. The molecule has 1 aliphatic rings. The number of nitrogens with one attached hydrogen (secondary N) is 2. The standard InChI is InChI=1S/C22H19Cl2F3N4O/c23-15-8-6-14(7-9-15)16-12-17(22(25,26)27)31-20(29-16)18(24)19(30-31)21(32)28-11-10-13-4-2-1-3-5-13/h1-9,16-17,29H,10-12H2,(H,28,32)/t16-,17+/m0/s1. The summed E-state index contributed by atoms with van der Waals surface area (Å²) in [5.74, 6) is -0.660. The quantitative estimate of drug-likeness (QED) is 0.481. The second-order valence-electron chi connectivity index (χ2n) is 7.49. The molecular formula is C22H19Cl2F3N4O. The van der Waals surface area contributed by atoms with Crippen LogP contribution in [0.25, 0.3) is 0 Å². The molecule has 168 valence electrons. The Kier molecular flexibility index (Phi) is 6.35. The maximum Gasteiger partial charge on any atom is 0.410 e. The Balaban J connectivity index is 1.57. The molecule has 4 rings (SSSR count). The third-order valence-corrected chi connectivity index (χ3v) is 5.94. The average Bonchev–Trinajstić information content (AvgIpc) is 3.10. The Labute approximate surface area is 192 Å². The van der Waals surface area contributed by atoms with E-state index in [1.54, 1.807) is 24.3 Å². The van der Waals surface area contributed by atoms with Crippen molar-refractivity contribution in [2.24, 2.45) is 0 Å². The van der Waals surface area contributed by atoms with Gasteiger partial charge in [-0.2, -0.15) is 18.3 Å². The molecule has 0 radical (unpaired) electrons.